The number of anilines is 1. The summed E-state index contributed by atoms with van der Waals surface area (Å²) in [6.45, 7) is 3.34. The molecule has 0 unspecified atom stereocenters. The van der Waals surface area contributed by atoms with E-state index in [4.69, 9.17) is 23.8 Å². The molecule has 0 amide bonds. The number of nitrogens with one attached hydrogen (secondary N) is 2. The normalized spacial score (nSPS) is 10.5. The smallest absolute Gasteiger partial charge is 0.248 e. The molecule has 1 aromatic heterocycles. The lowest BCUT2D eigenvalue weighted by Gasteiger charge is -2.08. The van der Waals surface area contributed by atoms with E-state index in [0.29, 0.717) is 24.2 Å². The molecule has 7 heteroatoms. The van der Waals surface area contributed by atoms with Crippen molar-refractivity contribution in [3.8, 4) is 0 Å². The molecule has 0 atom stereocenters. The molecule has 2 aromatic carbocycles. The number of halogens is 1. The summed E-state index contributed by atoms with van der Waals surface area (Å²) in [5, 5.41) is 11.7. The Kier molecular flexibility index (Phi) is 5.63. The molecular weight excluding hydrogens is 354 g/mol. The zero-order valence-electron chi connectivity index (χ0n) is 13.7. The van der Waals surface area contributed by atoms with Crippen molar-refractivity contribution in [2.75, 3.05) is 5.32 Å². The first-order valence-corrected chi connectivity index (χ1v) is 8.61. The molecule has 0 saturated carbocycles. The van der Waals surface area contributed by atoms with Gasteiger partial charge in [-0.1, -0.05) is 53.6 Å². The van der Waals surface area contributed by atoms with Crippen molar-refractivity contribution in [3.63, 3.8) is 0 Å². The summed E-state index contributed by atoms with van der Waals surface area (Å²) in [5.74, 6) is 0.468. The van der Waals surface area contributed by atoms with Gasteiger partial charge in [0.05, 0.1) is 6.54 Å². The van der Waals surface area contributed by atoms with Crippen molar-refractivity contribution in [2.24, 2.45) is 0 Å². The number of aryl methyl sites for hydroxylation is 1. The largest absolute Gasteiger partial charge is 0.358 e. The number of aromatic nitrogens is 3. The fourth-order valence-electron chi connectivity index (χ4n) is 2.24. The molecule has 2 N–H and O–H groups in total. The summed E-state index contributed by atoms with van der Waals surface area (Å²) in [4.78, 5) is 4.22. The quantitative estimate of drug-likeness (QED) is 0.668. The van der Waals surface area contributed by atoms with Gasteiger partial charge in [-0.05, 0) is 42.4 Å². The van der Waals surface area contributed by atoms with Gasteiger partial charge in [-0.25, -0.2) is 9.67 Å². The highest BCUT2D eigenvalue weighted by molar-refractivity contribution is 7.80. The molecular formula is C18H18ClN5S. The molecule has 0 aliphatic carbocycles. The predicted molar refractivity (Wildman–Crippen MR) is 105 cm³/mol. The molecule has 0 saturated heterocycles. The minimum absolute atomic E-state index is 0.468. The summed E-state index contributed by atoms with van der Waals surface area (Å²) in [6, 6.07) is 15.9. The first kappa shape index (κ1) is 17.4. The topological polar surface area (TPSA) is 54.8 Å². The molecule has 5 nitrogen and oxygen atoms in total. The highest BCUT2D eigenvalue weighted by Crippen LogP contribution is 2.10. The SMILES string of the molecule is Cc1ccc(CNC(=S)Nc2ncn(Cc3ccc(Cl)cc3)n2)cc1. The summed E-state index contributed by atoms with van der Waals surface area (Å²) in [6.07, 6.45) is 1.67. The fourth-order valence-corrected chi connectivity index (χ4v) is 2.53. The molecule has 25 heavy (non-hydrogen) atoms. The van der Waals surface area contributed by atoms with Crippen LogP contribution in [0.1, 0.15) is 16.7 Å². The van der Waals surface area contributed by atoms with Gasteiger partial charge >= 0.3 is 0 Å². The van der Waals surface area contributed by atoms with E-state index in [1.165, 1.54) is 5.56 Å². The second-order valence-corrected chi connectivity index (χ2v) is 6.53. The average molecular weight is 372 g/mol. The zero-order valence-corrected chi connectivity index (χ0v) is 15.3. The second-order valence-electron chi connectivity index (χ2n) is 5.69. The zero-order chi connectivity index (χ0) is 17.6. The van der Waals surface area contributed by atoms with Crippen LogP contribution in [0.25, 0.3) is 0 Å². The van der Waals surface area contributed by atoms with E-state index in [1.54, 1.807) is 11.0 Å². The van der Waals surface area contributed by atoms with Gasteiger partial charge in [-0.2, -0.15) is 0 Å². The minimum atomic E-state index is 0.468. The van der Waals surface area contributed by atoms with Gasteiger partial charge in [0.25, 0.3) is 0 Å². The van der Waals surface area contributed by atoms with Gasteiger partial charge in [0.1, 0.15) is 6.33 Å². The number of hydrogen-bond acceptors (Lipinski definition) is 3. The third-order valence-electron chi connectivity index (χ3n) is 3.59. The highest BCUT2D eigenvalue weighted by atomic mass is 35.5. The van der Waals surface area contributed by atoms with Crippen LogP contribution in [0, 0.1) is 6.92 Å². The van der Waals surface area contributed by atoms with Crippen LogP contribution in [-0.2, 0) is 13.1 Å². The first-order chi connectivity index (χ1) is 12.1. The number of benzene rings is 2. The van der Waals surface area contributed by atoms with E-state index in [2.05, 4.69) is 51.9 Å². The Labute approximate surface area is 157 Å². The van der Waals surface area contributed by atoms with Crippen molar-refractivity contribution >= 4 is 34.9 Å². The van der Waals surface area contributed by atoms with Gasteiger partial charge in [-0.3, -0.25) is 5.32 Å². The minimum Gasteiger partial charge on any atom is -0.358 e. The summed E-state index contributed by atoms with van der Waals surface area (Å²) >= 11 is 11.2. The second kappa shape index (κ2) is 8.09. The van der Waals surface area contributed by atoms with Crippen LogP contribution >= 0.6 is 23.8 Å². The van der Waals surface area contributed by atoms with E-state index >= 15 is 0 Å². The van der Waals surface area contributed by atoms with E-state index in [1.807, 2.05) is 24.3 Å². The standard InChI is InChI=1S/C18H18ClN5S/c1-13-2-4-14(5-3-13)10-20-18(25)22-17-21-12-24(23-17)11-15-6-8-16(19)9-7-15/h2-9,12H,10-11H2,1H3,(H2,20,22,23,25). The first-order valence-electron chi connectivity index (χ1n) is 7.83. The van der Waals surface area contributed by atoms with Crippen molar-refractivity contribution in [3.05, 3.63) is 76.6 Å². The number of rotatable bonds is 5. The maximum absolute atomic E-state index is 5.89. The molecule has 3 rings (SSSR count). The Balaban J connectivity index is 1.51. The van der Waals surface area contributed by atoms with E-state index in [-0.39, 0.29) is 0 Å². The number of hydrogen-bond donors (Lipinski definition) is 2. The van der Waals surface area contributed by atoms with Crippen LogP contribution in [0.2, 0.25) is 5.02 Å². The van der Waals surface area contributed by atoms with Gasteiger partial charge < -0.3 is 5.32 Å². The Morgan fingerprint density at radius 3 is 2.48 bits per heavy atom. The monoisotopic (exact) mass is 371 g/mol. The highest BCUT2D eigenvalue weighted by Gasteiger charge is 2.04. The molecule has 0 aliphatic rings. The number of nitrogens with zero attached hydrogens (tertiary/aromatic N) is 3. The lowest BCUT2D eigenvalue weighted by molar-refractivity contribution is 0.687. The van der Waals surface area contributed by atoms with Crippen LogP contribution in [0.5, 0.6) is 0 Å². The number of thiocarbonyl (C=S) groups is 1. The molecule has 1 heterocycles. The van der Waals surface area contributed by atoms with Crippen LogP contribution in [0.4, 0.5) is 5.95 Å². The van der Waals surface area contributed by atoms with Crippen molar-refractivity contribution in [2.45, 2.75) is 20.0 Å². The Morgan fingerprint density at radius 2 is 1.76 bits per heavy atom. The lowest BCUT2D eigenvalue weighted by Crippen LogP contribution is -2.28. The average Bonchev–Trinajstić information content (AvgIpc) is 3.03. The van der Waals surface area contributed by atoms with E-state index in [9.17, 15) is 0 Å². The molecule has 0 fully saturated rings. The Bertz CT molecular complexity index is 843. The van der Waals surface area contributed by atoms with Crippen LogP contribution in [0.15, 0.2) is 54.9 Å². The maximum Gasteiger partial charge on any atom is 0.248 e. The van der Waals surface area contributed by atoms with Crippen molar-refractivity contribution in [1.82, 2.24) is 20.1 Å². The summed E-state index contributed by atoms with van der Waals surface area (Å²) in [7, 11) is 0. The predicted octanol–water partition coefficient (Wildman–Crippen LogP) is 3.77. The third kappa shape index (κ3) is 5.27. The van der Waals surface area contributed by atoms with Crippen LogP contribution in [0.3, 0.4) is 0 Å². The molecule has 0 aliphatic heterocycles. The van der Waals surface area contributed by atoms with Crippen LogP contribution in [-0.4, -0.2) is 19.9 Å². The van der Waals surface area contributed by atoms with Crippen molar-refractivity contribution in [1.29, 1.82) is 0 Å². The lowest BCUT2D eigenvalue weighted by atomic mass is 10.1. The molecule has 128 valence electrons. The van der Waals surface area contributed by atoms with E-state index in [0.717, 1.165) is 16.1 Å². The summed E-state index contributed by atoms with van der Waals surface area (Å²) in [5.41, 5.74) is 3.50. The molecule has 3 aromatic rings. The Hall–Kier alpha value is -2.44. The Morgan fingerprint density at radius 1 is 1.08 bits per heavy atom. The molecule has 0 spiro atoms. The maximum atomic E-state index is 5.89. The van der Waals surface area contributed by atoms with Crippen LogP contribution < -0.4 is 10.6 Å². The van der Waals surface area contributed by atoms with E-state index < -0.39 is 0 Å². The van der Waals surface area contributed by atoms with Gasteiger partial charge in [0.2, 0.25) is 5.95 Å². The van der Waals surface area contributed by atoms with Crippen molar-refractivity contribution < 1.29 is 0 Å². The molecule has 0 bridgehead atoms. The summed E-state index contributed by atoms with van der Waals surface area (Å²) < 4.78 is 1.74. The molecule has 0 radical (unpaired) electrons. The fraction of sp³-hybridized carbons (Fsp3) is 0.167. The van der Waals surface area contributed by atoms with Gasteiger partial charge in [0.15, 0.2) is 5.11 Å². The van der Waals surface area contributed by atoms with Gasteiger partial charge in [-0.15, -0.1) is 5.10 Å². The third-order valence-corrected chi connectivity index (χ3v) is 4.09. The van der Waals surface area contributed by atoms with Gasteiger partial charge in [0, 0.05) is 11.6 Å².